The number of ether oxygens (including phenoxy) is 3. The highest BCUT2D eigenvalue weighted by Gasteiger charge is 2.36. The molecule has 0 aliphatic carbocycles. The Morgan fingerprint density at radius 2 is 1.68 bits per heavy atom. The van der Waals surface area contributed by atoms with Crippen molar-refractivity contribution >= 4 is 34.5 Å². The molecule has 0 saturated carbocycles. The predicted octanol–water partition coefficient (Wildman–Crippen LogP) is 5.28. The Kier molecular flexibility index (Phi) is 9.02. The highest BCUT2D eigenvalue weighted by Crippen LogP contribution is 2.40. The summed E-state index contributed by atoms with van der Waals surface area (Å²) in [7, 11) is 1.69. The van der Waals surface area contributed by atoms with Crippen molar-refractivity contribution in [2.75, 3.05) is 59.6 Å². The number of carbonyl (C=O) groups excluding carboxylic acids is 2. The summed E-state index contributed by atoms with van der Waals surface area (Å²) in [5.41, 5.74) is 3.73. The molecule has 6 rings (SSSR count). The van der Waals surface area contributed by atoms with Crippen molar-refractivity contribution in [3.05, 3.63) is 94.4 Å². The Morgan fingerprint density at radius 3 is 2.41 bits per heavy atom. The van der Waals surface area contributed by atoms with Gasteiger partial charge in [0.2, 0.25) is 0 Å². The number of carbonyl (C=O) groups is 2. The van der Waals surface area contributed by atoms with E-state index in [0.717, 1.165) is 47.4 Å². The quantitative estimate of drug-likeness (QED) is 0.289. The van der Waals surface area contributed by atoms with Crippen LogP contribution in [0.5, 0.6) is 11.5 Å². The lowest BCUT2D eigenvalue weighted by Gasteiger charge is -2.35. The maximum atomic E-state index is 13.5. The lowest BCUT2D eigenvalue weighted by molar-refractivity contribution is -0.135. The van der Waals surface area contributed by atoms with Gasteiger partial charge < -0.3 is 24.1 Å². The average molecular weight is 621 g/mol. The van der Waals surface area contributed by atoms with Crippen LogP contribution in [0.2, 0.25) is 5.02 Å². The number of aromatic nitrogens is 1. The molecule has 3 heterocycles. The molecule has 0 radical (unpaired) electrons. The molecule has 4 aromatic rings. The smallest absolute Gasteiger partial charge is 0.416 e. The number of aromatic amines is 1. The first-order valence-electron chi connectivity index (χ1n) is 14.7. The summed E-state index contributed by atoms with van der Waals surface area (Å²) in [5, 5.41) is 1.65. The minimum absolute atomic E-state index is 0.0517. The fourth-order valence-electron chi connectivity index (χ4n) is 5.89. The van der Waals surface area contributed by atoms with Gasteiger partial charge in [0.25, 0.3) is 5.91 Å². The van der Waals surface area contributed by atoms with Crippen molar-refractivity contribution in [1.82, 2.24) is 19.7 Å². The van der Waals surface area contributed by atoms with Crippen LogP contribution in [0.25, 0.3) is 10.9 Å². The number of H-pyrrole nitrogens is 1. The second-order valence-electron chi connectivity index (χ2n) is 10.9. The van der Waals surface area contributed by atoms with Gasteiger partial charge in [0.15, 0.2) is 6.61 Å². The van der Waals surface area contributed by atoms with Crippen LogP contribution >= 0.6 is 11.6 Å². The third-order valence-corrected chi connectivity index (χ3v) is 8.47. The monoisotopic (exact) mass is 620 g/mol. The number of amides is 2. The standard InChI is InChI=1S/C33H34ClFN4O5/c1-42-19-18-37-14-16-38(17-15-37)30(40)21-43-25-7-2-22(3-8-25)32-31-27(28-20-23(34)4-11-29(28)36-31)12-13-39(32)33(41)44-26-9-5-24(35)6-10-26/h2-11,20,32,36H,12-19,21H2,1H3. The van der Waals surface area contributed by atoms with Crippen LogP contribution in [0.4, 0.5) is 9.18 Å². The number of hydrogen-bond donors (Lipinski definition) is 1. The summed E-state index contributed by atoms with van der Waals surface area (Å²) in [6, 6.07) is 18.0. The molecule has 3 aromatic carbocycles. The number of benzene rings is 3. The van der Waals surface area contributed by atoms with Gasteiger partial charge in [0, 0.05) is 68.0 Å². The second-order valence-corrected chi connectivity index (χ2v) is 11.4. The van der Waals surface area contributed by atoms with Gasteiger partial charge in [0.1, 0.15) is 23.4 Å². The summed E-state index contributed by atoms with van der Waals surface area (Å²) in [6.45, 7) is 4.84. The lowest BCUT2D eigenvalue weighted by atomic mass is 9.92. The number of nitrogens with zero attached hydrogens (tertiary/aromatic N) is 3. The Balaban J connectivity index is 1.19. The van der Waals surface area contributed by atoms with Crippen LogP contribution in [-0.2, 0) is 16.0 Å². The number of nitrogens with one attached hydrogen (secondary N) is 1. The highest BCUT2D eigenvalue weighted by atomic mass is 35.5. The van der Waals surface area contributed by atoms with E-state index in [1.165, 1.54) is 24.3 Å². The van der Waals surface area contributed by atoms with Crippen LogP contribution < -0.4 is 9.47 Å². The zero-order valence-corrected chi connectivity index (χ0v) is 25.2. The van der Waals surface area contributed by atoms with E-state index in [4.69, 9.17) is 25.8 Å². The number of methoxy groups -OCH3 is 1. The summed E-state index contributed by atoms with van der Waals surface area (Å²) in [5.74, 6) is 0.352. The van der Waals surface area contributed by atoms with Crippen molar-refractivity contribution in [1.29, 1.82) is 0 Å². The maximum absolute atomic E-state index is 13.5. The molecule has 2 aliphatic rings. The first-order chi connectivity index (χ1) is 21.4. The highest BCUT2D eigenvalue weighted by molar-refractivity contribution is 6.31. The van der Waals surface area contributed by atoms with Crippen LogP contribution in [0, 0.1) is 5.82 Å². The van der Waals surface area contributed by atoms with E-state index in [9.17, 15) is 14.0 Å². The molecule has 230 valence electrons. The number of fused-ring (bicyclic) bond motifs is 3. The maximum Gasteiger partial charge on any atom is 0.416 e. The van der Waals surface area contributed by atoms with Gasteiger partial charge in [-0.1, -0.05) is 23.7 Å². The average Bonchev–Trinajstić information content (AvgIpc) is 3.41. The largest absolute Gasteiger partial charge is 0.484 e. The molecular formula is C33H34ClFN4O5. The number of halogens is 2. The predicted molar refractivity (Wildman–Crippen MR) is 165 cm³/mol. The fourth-order valence-corrected chi connectivity index (χ4v) is 6.06. The summed E-state index contributed by atoms with van der Waals surface area (Å²) in [6.07, 6.45) is 0.0615. The van der Waals surface area contributed by atoms with Crippen molar-refractivity contribution in [3.63, 3.8) is 0 Å². The van der Waals surface area contributed by atoms with E-state index >= 15 is 0 Å². The minimum Gasteiger partial charge on any atom is -0.484 e. The molecule has 2 amide bonds. The number of piperazine rings is 1. The second kappa shape index (κ2) is 13.3. The molecule has 1 fully saturated rings. The van der Waals surface area contributed by atoms with E-state index in [1.807, 2.05) is 47.4 Å². The normalized spacial score (nSPS) is 17.0. The molecule has 1 saturated heterocycles. The third-order valence-electron chi connectivity index (χ3n) is 8.24. The molecule has 1 atom stereocenters. The molecular weight excluding hydrogens is 587 g/mol. The summed E-state index contributed by atoms with van der Waals surface area (Å²) >= 11 is 6.32. The van der Waals surface area contributed by atoms with Crippen molar-refractivity contribution in [3.8, 4) is 11.5 Å². The van der Waals surface area contributed by atoms with Crippen LogP contribution in [0.3, 0.4) is 0 Å². The molecule has 1 N–H and O–H groups in total. The van der Waals surface area contributed by atoms with E-state index < -0.39 is 18.0 Å². The Morgan fingerprint density at radius 1 is 0.955 bits per heavy atom. The molecule has 11 heteroatoms. The molecule has 0 bridgehead atoms. The van der Waals surface area contributed by atoms with Crippen molar-refractivity contribution in [2.45, 2.75) is 12.5 Å². The molecule has 9 nitrogen and oxygen atoms in total. The molecule has 44 heavy (non-hydrogen) atoms. The van der Waals surface area contributed by atoms with Gasteiger partial charge in [-0.05, 0) is 72.1 Å². The van der Waals surface area contributed by atoms with E-state index in [2.05, 4.69) is 9.88 Å². The molecule has 1 unspecified atom stereocenters. The van der Waals surface area contributed by atoms with Crippen molar-refractivity contribution in [2.24, 2.45) is 0 Å². The van der Waals surface area contributed by atoms with E-state index in [0.29, 0.717) is 43.4 Å². The van der Waals surface area contributed by atoms with Gasteiger partial charge in [-0.15, -0.1) is 0 Å². The van der Waals surface area contributed by atoms with Gasteiger partial charge in [-0.2, -0.15) is 0 Å². The van der Waals surface area contributed by atoms with Crippen LogP contribution in [0.15, 0.2) is 66.7 Å². The SMILES string of the molecule is COCCN1CCN(C(=O)COc2ccc(C3c4[nH]c5ccc(Cl)cc5c4CCN3C(=O)Oc3ccc(F)cc3)cc2)CC1. The van der Waals surface area contributed by atoms with Gasteiger partial charge in [-0.3, -0.25) is 14.6 Å². The number of hydrogen-bond acceptors (Lipinski definition) is 6. The first-order valence-corrected chi connectivity index (χ1v) is 15.0. The molecule has 1 aromatic heterocycles. The zero-order valence-electron chi connectivity index (χ0n) is 24.4. The van der Waals surface area contributed by atoms with Crippen LogP contribution in [0.1, 0.15) is 22.9 Å². The third kappa shape index (κ3) is 6.52. The van der Waals surface area contributed by atoms with Crippen LogP contribution in [-0.4, -0.2) is 91.3 Å². The topological polar surface area (TPSA) is 87.3 Å². The fraction of sp³-hybridized carbons (Fsp3) is 0.333. The summed E-state index contributed by atoms with van der Waals surface area (Å²) in [4.78, 5) is 35.6. The summed E-state index contributed by atoms with van der Waals surface area (Å²) < 4.78 is 30.1. The Labute approximate surface area is 260 Å². The first kappa shape index (κ1) is 29.9. The molecule has 0 spiro atoms. The Hall–Kier alpha value is -4.12. The number of rotatable bonds is 8. The van der Waals surface area contributed by atoms with Gasteiger partial charge in [-0.25, -0.2) is 9.18 Å². The van der Waals surface area contributed by atoms with E-state index in [-0.39, 0.29) is 18.3 Å². The molecule has 2 aliphatic heterocycles. The van der Waals surface area contributed by atoms with E-state index in [1.54, 1.807) is 12.0 Å². The minimum atomic E-state index is -0.544. The van der Waals surface area contributed by atoms with Gasteiger partial charge >= 0.3 is 6.09 Å². The van der Waals surface area contributed by atoms with Crippen molar-refractivity contribution < 1.29 is 28.2 Å². The van der Waals surface area contributed by atoms with Gasteiger partial charge in [0.05, 0.1) is 6.61 Å². The Bertz CT molecular complexity index is 1620. The lowest BCUT2D eigenvalue weighted by Crippen LogP contribution is -2.50. The zero-order chi connectivity index (χ0) is 30.6.